The molecular formula is C19H26N6. The molecule has 0 saturated carbocycles. The number of aromatic amines is 1. The van der Waals surface area contributed by atoms with Crippen LogP contribution in [-0.4, -0.2) is 42.8 Å². The van der Waals surface area contributed by atoms with Gasteiger partial charge in [-0.15, -0.1) is 10.2 Å². The van der Waals surface area contributed by atoms with Crippen molar-refractivity contribution >= 4 is 5.65 Å². The number of nitrogens with zero attached hydrogens (tertiary/aromatic N) is 5. The Bertz CT molecular complexity index is 856. The van der Waals surface area contributed by atoms with Gasteiger partial charge in [-0.2, -0.15) is 5.10 Å². The summed E-state index contributed by atoms with van der Waals surface area (Å²) in [6.45, 7) is 9.63. The van der Waals surface area contributed by atoms with Crippen LogP contribution < -0.4 is 0 Å². The van der Waals surface area contributed by atoms with E-state index in [9.17, 15) is 0 Å². The van der Waals surface area contributed by atoms with E-state index in [1.165, 1.54) is 18.5 Å². The monoisotopic (exact) mass is 338 g/mol. The molecular weight excluding hydrogens is 312 g/mol. The summed E-state index contributed by atoms with van der Waals surface area (Å²) in [4.78, 5) is 2.50. The second-order valence-electron chi connectivity index (χ2n) is 8.09. The van der Waals surface area contributed by atoms with Crippen molar-refractivity contribution in [2.75, 3.05) is 13.1 Å². The lowest BCUT2D eigenvalue weighted by Gasteiger charge is -2.31. The maximum absolute atomic E-state index is 4.48. The van der Waals surface area contributed by atoms with Crippen LogP contribution in [0.4, 0.5) is 0 Å². The Hall–Kier alpha value is -2.21. The molecule has 0 aliphatic carbocycles. The van der Waals surface area contributed by atoms with Crippen molar-refractivity contribution in [2.24, 2.45) is 0 Å². The predicted octanol–water partition coefficient (Wildman–Crippen LogP) is 3.13. The van der Waals surface area contributed by atoms with Crippen LogP contribution in [-0.2, 0) is 12.0 Å². The van der Waals surface area contributed by atoms with Gasteiger partial charge in [-0.25, -0.2) is 0 Å². The standard InChI is InChI=1S/C19H26N6/c1-19(2,3)16-11-15(20-21-16)13-24-9-6-7-14(12-24)18-23-22-17-8-4-5-10-25(17)18/h4-5,8,10-11,14H,6-7,9,12-13H2,1-3H3,(H,20,21). The third-order valence-electron chi connectivity index (χ3n) is 5.00. The zero-order valence-corrected chi connectivity index (χ0v) is 15.2. The van der Waals surface area contributed by atoms with Crippen molar-refractivity contribution in [2.45, 2.75) is 51.5 Å². The number of pyridine rings is 1. The Morgan fingerprint density at radius 2 is 2.12 bits per heavy atom. The molecule has 1 atom stereocenters. The molecule has 1 fully saturated rings. The van der Waals surface area contributed by atoms with E-state index in [0.29, 0.717) is 5.92 Å². The van der Waals surface area contributed by atoms with Gasteiger partial charge < -0.3 is 0 Å². The largest absolute Gasteiger partial charge is 0.297 e. The second kappa shape index (κ2) is 6.26. The first-order valence-electron chi connectivity index (χ1n) is 9.07. The van der Waals surface area contributed by atoms with Crippen LogP contribution in [0.5, 0.6) is 0 Å². The molecule has 1 N–H and O–H groups in total. The summed E-state index contributed by atoms with van der Waals surface area (Å²) < 4.78 is 2.13. The molecule has 1 aliphatic heterocycles. The summed E-state index contributed by atoms with van der Waals surface area (Å²) >= 11 is 0. The van der Waals surface area contributed by atoms with Gasteiger partial charge in [0.05, 0.1) is 5.69 Å². The van der Waals surface area contributed by atoms with Gasteiger partial charge >= 0.3 is 0 Å². The maximum atomic E-state index is 4.48. The van der Waals surface area contributed by atoms with E-state index in [-0.39, 0.29) is 5.41 Å². The van der Waals surface area contributed by atoms with Crippen molar-refractivity contribution in [1.82, 2.24) is 29.7 Å². The SMILES string of the molecule is CC(C)(C)c1cc(CN2CCCC(c3nnc4ccccn34)C2)[nH]n1. The highest BCUT2D eigenvalue weighted by Crippen LogP contribution is 2.27. The van der Waals surface area contributed by atoms with Gasteiger partial charge in [-0.1, -0.05) is 26.8 Å². The Kier molecular flexibility index (Phi) is 4.07. The number of hydrogen-bond donors (Lipinski definition) is 1. The highest BCUT2D eigenvalue weighted by molar-refractivity contribution is 5.37. The number of piperidine rings is 1. The molecule has 4 heterocycles. The fourth-order valence-electron chi connectivity index (χ4n) is 3.62. The van der Waals surface area contributed by atoms with Crippen LogP contribution in [0.2, 0.25) is 0 Å². The van der Waals surface area contributed by atoms with Crippen molar-refractivity contribution in [1.29, 1.82) is 0 Å². The number of hydrogen-bond acceptors (Lipinski definition) is 4. The Labute approximate surface area is 148 Å². The van der Waals surface area contributed by atoms with Crippen LogP contribution >= 0.6 is 0 Å². The molecule has 3 aromatic rings. The van der Waals surface area contributed by atoms with E-state index in [2.05, 4.69) is 62.7 Å². The minimum atomic E-state index is 0.0830. The zero-order chi connectivity index (χ0) is 17.4. The molecule has 1 aliphatic rings. The molecule has 6 heteroatoms. The lowest BCUT2D eigenvalue weighted by molar-refractivity contribution is 0.194. The van der Waals surface area contributed by atoms with Gasteiger partial charge in [0.25, 0.3) is 0 Å². The van der Waals surface area contributed by atoms with Gasteiger partial charge in [0.2, 0.25) is 0 Å². The molecule has 25 heavy (non-hydrogen) atoms. The zero-order valence-electron chi connectivity index (χ0n) is 15.2. The smallest absolute Gasteiger partial charge is 0.160 e. The van der Waals surface area contributed by atoms with Gasteiger partial charge in [0, 0.05) is 36.3 Å². The van der Waals surface area contributed by atoms with Crippen LogP contribution in [0.25, 0.3) is 5.65 Å². The van der Waals surface area contributed by atoms with Gasteiger partial charge in [0.1, 0.15) is 5.82 Å². The first kappa shape index (κ1) is 16.3. The van der Waals surface area contributed by atoms with Gasteiger partial charge in [-0.05, 0) is 37.6 Å². The average Bonchev–Trinajstić information content (AvgIpc) is 3.21. The maximum Gasteiger partial charge on any atom is 0.160 e. The molecule has 4 rings (SSSR count). The quantitative estimate of drug-likeness (QED) is 0.797. The van der Waals surface area contributed by atoms with Crippen LogP contribution in [0.3, 0.4) is 0 Å². The number of nitrogens with one attached hydrogen (secondary N) is 1. The number of fused-ring (bicyclic) bond motifs is 1. The molecule has 0 radical (unpaired) electrons. The number of likely N-dealkylation sites (tertiary alicyclic amines) is 1. The molecule has 132 valence electrons. The van der Waals surface area contributed by atoms with Crippen molar-refractivity contribution in [3.8, 4) is 0 Å². The Balaban J connectivity index is 1.49. The van der Waals surface area contributed by atoms with E-state index in [4.69, 9.17) is 0 Å². The summed E-state index contributed by atoms with van der Waals surface area (Å²) in [7, 11) is 0. The second-order valence-corrected chi connectivity index (χ2v) is 8.09. The van der Waals surface area contributed by atoms with Crippen molar-refractivity contribution in [3.05, 3.63) is 47.7 Å². The molecule has 6 nitrogen and oxygen atoms in total. The van der Waals surface area contributed by atoms with E-state index < -0.39 is 0 Å². The molecule has 0 aromatic carbocycles. The molecule has 0 amide bonds. The van der Waals surface area contributed by atoms with Crippen LogP contribution in [0, 0.1) is 0 Å². The first-order chi connectivity index (χ1) is 12.0. The van der Waals surface area contributed by atoms with E-state index in [1.54, 1.807) is 0 Å². The summed E-state index contributed by atoms with van der Waals surface area (Å²) in [5.41, 5.74) is 3.33. The first-order valence-corrected chi connectivity index (χ1v) is 9.07. The molecule has 1 saturated heterocycles. The fourth-order valence-corrected chi connectivity index (χ4v) is 3.62. The number of rotatable bonds is 3. The van der Waals surface area contributed by atoms with E-state index in [1.807, 2.05) is 18.2 Å². The Morgan fingerprint density at radius 1 is 1.24 bits per heavy atom. The third kappa shape index (κ3) is 3.31. The molecule has 3 aromatic heterocycles. The topological polar surface area (TPSA) is 62.1 Å². The lowest BCUT2D eigenvalue weighted by atomic mass is 9.92. The minimum Gasteiger partial charge on any atom is -0.297 e. The normalized spacial score (nSPS) is 19.6. The summed E-state index contributed by atoms with van der Waals surface area (Å²) in [6.07, 6.45) is 4.42. The van der Waals surface area contributed by atoms with E-state index >= 15 is 0 Å². The fraction of sp³-hybridized carbons (Fsp3) is 0.526. The highest BCUT2D eigenvalue weighted by atomic mass is 15.3. The number of H-pyrrole nitrogens is 1. The van der Waals surface area contributed by atoms with Crippen LogP contribution in [0.15, 0.2) is 30.5 Å². The minimum absolute atomic E-state index is 0.0830. The van der Waals surface area contributed by atoms with Gasteiger partial charge in [0.15, 0.2) is 5.65 Å². The lowest BCUT2D eigenvalue weighted by Crippen LogP contribution is -2.34. The van der Waals surface area contributed by atoms with Crippen molar-refractivity contribution in [3.63, 3.8) is 0 Å². The molecule has 0 spiro atoms. The highest BCUT2D eigenvalue weighted by Gasteiger charge is 2.26. The predicted molar refractivity (Wildman–Crippen MR) is 97.5 cm³/mol. The Morgan fingerprint density at radius 3 is 2.92 bits per heavy atom. The van der Waals surface area contributed by atoms with Gasteiger partial charge in [-0.3, -0.25) is 14.4 Å². The summed E-state index contributed by atoms with van der Waals surface area (Å²) in [5.74, 6) is 1.51. The molecule has 0 bridgehead atoms. The number of aromatic nitrogens is 5. The summed E-state index contributed by atoms with van der Waals surface area (Å²) in [5, 5.41) is 16.5. The van der Waals surface area contributed by atoms with Crippen LogP contribution in [0.1, 0.15) is 56.7 Å². The third-order valence-corrected chi connectivity index (χ3v) is 5.00. The molecule has 1 unspecified atom stereocenters. The summed E-state index contributed by atoms with van der Waals surface area (Å²) in [6, 6.07) is 8.26. The van der Waals surface area contributed by atoms with E-state index in [0.717, 1.165) is 36.8 Å². The van der Waals surface area contributed by atoms with Crippen molar-refractivity contribution < 1.29 is 0 Å². The average molecular weight is 338 g/mol.